The van der Waals surface area contributed by atoms with E-state index in [1.54, 1.807) is 0 Å². The van der Waals surface area contributed by atoms with E-state index in [-0.39, 0.29) is 11.9 Å². The maximum absolute atomic E-state index is 11.1. The molecule has 14 heavy (non-hydrogen) atoms. The monoisotopic (exact) mass is 211 g/mol. The third kappa shape index (κ3) is 1.50. The maximum Gasteiger partial charge on any atom is 0.303 e. The summed E-state index contributed by atoms with van der Waals surface area (Å²) in [5, 5.41) is 4.62. The summed E-state index contributed by atoms with van der Waals surface area (Å²) in [5.74, 6) is -0.648. The Morgan fingerprint density at radius 3 is 2.93 bits per heavy atom. The van der Waals surface area contributed by atoms with Crippen molar-refractivity contribution in [2.24, 2.45) is 0 Å². The Labute approximate surface area is 84.9 Å². The largest absolute Gasteiger partial charge is 0.450 e. The van der Waals surface area contributed by atoms with Crippen LogP contribution in [0.25, 0.3) is 0 Å². The average Bonchev–Trinajstić information content (AvgIpc) is 2.62. The lowest BCUT2D eigenvalue weighted by molar-refractivity contribution is -0.164. The minimum absolute atomic E-state index is 0.161. The second-order valence-corrected chi connectivity index (χ2v) is 4.01. The molecule has 1 aromatic heterocycles. The smallest absolute Gasteiger partial charge is 0.303 e. The summed E-state index contributed by atoms with van der Waals surface area (Å²) in [5.41, 5.74) is 0. The zero-order valence-electron chi connectivity index (χ0n) is 7.52. The Morgan fingerprint density at radius 2 is 2.43 bits per heavy atom. The topological polar surface area (TPSA) is 55.4 Å². The van der Waals surface area contributed by atoms with Crippen LogP contribution in [-0.2, 0) is 14.3 Å². The summed E-state index contributed by atoms with van der Waals surface area (Å²) in [6, 6.07) is 3.65. The minimum Gasteiger partial charge on any atom is -0.450 e. The van der Waals surface area contributed by atoms with Crippen molar-refractivity contribution in [1.82, 2.24) is 5.32 Å². The molecule has 2 atom stereocenters. The first kappa shape index (κ1) is 9.21. The van der Waals surface area contributed by atoms with Gasteiger partial charge in [0.05, 0.1) is 0 Å². The molecule has 0 aromatic carbocycles. The van der Waals surface area contributed by atoms with E-state index >= 15 is 0 Å². The molecule has 74 valence electrons. The molecule has 0 spiro atoms. The first-order valence-corrected chi connectivity index (χ1v) is 5.07. The highest BCUT2D eigenvalue weighted by Gasteiger charge is 2.43. The van der Waals surface area contributed by atoms with Crippen LogP contribution in [0.4, 0.5) is 0 Å². The molecule has 0 aliphatic carbocycles. The fourth-order valence-electron chi connectivity index (χ4n) is 1.36. The van der Waals surface area contributed by atoms with Gasteiger partial charge in [0.25, 0.3) is 5.91 Å². The number of thiophene rings is 1. The van der Waals surface area contributed by atoms with Crippen molar-refractivity contribution < 1.29 is 14.3 Å². The molecule has 2 rings (SSSR count). The van der Waals surface area contributed by atoms with Crippen LogP contribution < -0.4 is 5.32 Å². The Kier molecular flexibility index (Phi) is 2.25. The molecule has 1 amide bonds. The summed E-state index contributed by atoms with van der Waals surface area (Å²) >= 11 is 1.53. The summed E-state index contributed by atoms with van der Waals surface area (Å²) in [6.07, 6.45) is -0.647. The predicted molar refractivity (Wildman–Crippen MR) is 50.8 cm³/mol. The molecule has 1 aromatic rings. The molecular formula is C9H9NO3S. The number of esters is 1. The van der Waals surface area contributed by atoms with E-state index in [1.165, 1.54) is 18.3 Å². The Morgan fingerprint density at radius 1 is 1.64 bits per heavy atom. The van der Waals surface area contributed by atoms with Crippen molar-refractivity contribution in [3.05, 3.63) is 22.4 Å². The first-order valence-electron chi connectivity index (χ1n) is 4.19. The van der Waals surface area contributed by atoms with Gasteiger partial charge in [0.1, 0.15) is 6.04 Å². The molecule has 1 aliphatic heterocycles. The van der Waals surface area contributed by atoms with Crippen molar-refractivity contribution in [1.29, 1.82) is 0 Å². The van der Waals surface area contributed by atoms with Gasteiger partial charge in [-0.25, -0.2) is 0 Å². The molecule has 1 fully saturated rings. The molecule has 0 unspecified atom stereocenters. The zero-order chi connectivity index (χ0) is 10.1. The molecule has 4 nitrogen and oxygen atoms in total. The van der Waals surface area contributed by atoms with E-state index in [0.717, 1.165) is 4.88 Å². The summed E-state index contributed by atoms with van der Waals surface area (Å²) in [4.78, 5) is 22.8. The molecule has 5 heteroatoms. The molecule has 0 radical (unpaired) electrons. The van der Waals surface area contributed by atoms with Gasteiger partial charge in [0.15, 0.2) is 0 Å². The molecule has 0 bridgehead atoms. The number of β-lactam (4-membered cyclic amide) rings is 1. The van der Waals surface area contributed by atoms with Crippen molar-refractivity contribution >= 4 is 23.2 Å². The zero-order valence-corrected chi connectivity index (χ0v) is 8.34. The number of ether oxygens (including phenoxy) is 1. The van der Waals surface area contributed by atoms with E-state index in [1.807, 2.05) is 17.5 Å². The maximum atomic E-state index is 11.1. The lowest BCUT2D eigenvalue weighted by Gasteiger charge is -2.34. The second kappa shape index (κ2) is 3.42. The fraction of sp³-hybridized carbons (Fsp3) is 0.333. The van der Waals surface area contributed by atoms with Crippen LogP contribution in [0.3, 0.4) is 0 Å². The highest BCUT2D eigenvalue weighted by atomic mass is 32.1. The molecule has 1 saturated heterocycles. The number of amides is 1. The van der Waals surface area contributed by atoms with E-state index < -0.39 is 12.1 Å². The minimum atomic E-state index is -0.647. The number of hydrogen-bond donors (Lipinski definition) is 1. The Hall–Kier alpha value is -1.36. The van der Waals surface area contributed by atoms with Crippen LogP contribution in [0.15, 0.2) is 17.5 Å². The predicted octanol–water partition coefficient (Wildman–Crippen LogP) is 0.851. The summed E-state index contributed by atoms with van der Waals surface area (Å²) in [6.45, 7) is 1.30. The lowest BCUT2D eigenvalue weighted by atomic mass is 10.0. The molecule has 1 aliphatic rings. The van der Waals surface area contributed by atoms with E-state index in [0.29, 0.717) is 0 Å². The van der Waals surface area contributed by atoms with Gasteiger partial charge in [0, 0.05) is 11.8 Å². The molecule has 1 N–H and O–H groups in total. The van der Waals surface area contributed by atoms with Crippen LogP contribution >= 0.6 is 11.3 Å². The summed E-state index contributed by atoms with van der Waals surface area (Å²) in [7, 11) is 0. The highest BCUT2D eigenvalue weighted by Crippen LogP contribution is 2.30. The van der Waals surface area contributed by atoms with Crippen LogP contribution in [0.2, 0.25) is 0 Å². The lowest BCUT2D eigenvalue weighted by Crippen LogP contribution is -2.57. The molecule has 2 heterocycles. The van der Waals surface area contributed by atoms with Gasteiger partial charge in [-0.15, -0.1) is 11.3 Å². The van der Waals surface area contributed by atoms with Gasteiger partial charge in [-0.1, -0.05) is 6.07 Å². The Bertz CT molecular complexity index is 360. The fourth-order valence-corrected chi connectivity index (χ4v) is 2.16. The van der Waals surface area contributed by atoms with Gasteiger partial charge in [0.2, 0.25) is 6.10 Å². The highest BCUT2D eigenvalue weighted by molar-refractivity contribution is 7.10. The van der Waals surface area contributed by atoms with Crippen molar-refractivity contribution in [3.63, 3.8) is 0 Å². The number of carbonyl (C=O) groups excluding carboxylic acids is 2. The van der Waals surface area contributed by atoms with Crippen LogP contribution in [0, 0.1) is 0 Å². The van der Waals surface area contributed by atoms with E-state index in [9.17, 15) is 9.59 Å². The van der Waals surface area contributed by atoms with Crippen molar-refractivity contribution in [2.75, 3.05) is 0 Å². The average molecular weight is 211 g/mol. The number of rotatable bonds is 2. The summed E-state index contributed by atoms with van der Waals surface area (Å²) < 4.78 is 4.89. The SMILES string of the molecule is CC(=O)O[C@@H]1C(=O)N[C@@H]1c1cccs1. The quantitative estimate of drug-likeness (QED) is 0.583. The van der Waals surface area contributed by atoms with Gasteiger partial charge >= 0.3 is 5.97 Å². The van der Waals surface area contributed by atoms with Crippen molar-refractivity contribution in [2.45, 2.75) is 19.1 Å². The van der Waals surface area contributed by atoms with Gasteiger partial charge in [-0.2, -0.15) is 0 Å². The van der Waals surface area contributed by atoms with Crippen molar-refractivity contribution in [3.8, 4) is 0 Å². The van der Waals surface area contributed by atoms with Crippen LogP contribution in [0.5, 0.6) is 0 Å². The van der Waals surface area contributed by atoms with Crippen LogP contribution in [-0.4, -0.2) is 18.0 Å². The number of hydrogen-bond acceptors (Lipinski definition) is 4. The van der Waals surface area contributed by atoms with Gasteiger partial charge in [-0.3, -0.25) is 9.59 Å². The second-order valence-electron chi connectivity index (χ2n) is 3.03. The normalized spacial score (nSPS) is 25.1. The molecule has 0 saturated carbocycles. The molecular weight excluding hydrogens is 202 g/mol. The first-order chi connectivity index (χ1) is 6.68. The van der Waals surface area contributed by atoms with Gasteiger partial charge in [-0.05, 0) is 11.4 Å². The van der Waals surface area contributed by atoms with Crippen LogP contribution in [0.1, 0.15) is 17.8 Å². The third-order valence-electron chi connectivity index (χ3n) is 2.00. The standard InChI is InChI=1S/C9H9NO3S/c1-5(11)13-8-7(10-9(8)12)6-3-2-4-14-6/h2-4,7-8H,1H3,(H,10,12)/t7-,8+/m1/s1. The van der Waals surface area contributed by atoms with E-state index in [2.05, 4.69) is 5.32 Å². The van der Waals surface area contributed by atoms with E-state index in [4.69, 9.17) is 4.74 Å². The number of carbonyl (C=O) groups is 2. The number of nitrogens with one attached hydrogen (secondary N) is 1. The van der Waals surface area contributed by atoms with Gasteiger partial charge < -0.3 is 10.1 Å². The third-order valence-corrected chi connectivity index (χ3v) is 2.96. The Balaban J connectivity index is 2.08.